The number of aliphatic imine (C=N–C) groups is 1. The molecule has 4 amide bonds. The van der Waals surface area contributed by atoms with Crippen LogP contribution in [0.5, 0.6) is 0 Å². The third kappa shape index (κ3) is 9.84. The van der Waals surface area contributed by atoms with Gasteiger partial charge in [0, 0.05) is 6.54 Å². The molecule has 0 aliphatic carbocycles. The van der Waals surface area contributed by atoms with Crippen molar-refractivity contribution in [2.24, 2.45) is 10.9 Å². The Morgan fingerprint density at radius 1 is 0.694 bits per heavy atom. The van der Waals surface area contributed by atoms with E-state index in [0.717, 1.165) is 21.6 Å². The van der Waals surface area contributed by atoms with E-state index in [9.17, 15) is 24.0 Å². The first-order valence-electron chi connectivity index (χ1n) is 15.5. The van der Waals surface area contributed by atoms with Gasteiger partial charge in [0.15, 0.2) is 0 Å². The minimum absolute atomic E-state index is 0.00927. The number of guanidine groups is 1. The smallest absolute Gasteiger partial charge is 0.414 e. The molecule has 13 heteroatoms. The van der Waals surface area contributed by atoms with Crippen molar-refractivity contribution in [2.45, 2.75) is 38.7 Å². The molecule has 0 spiro atoms. The number of rotatable bonds is 12. The number of imide groups is 1. The molecule has 2 heterocycles. The number of β-lactam (4-membered cyclic amide) rings is 1. The third-order valence-electron chi connectivity index (χ3n) is 7.44. The van der Waals surface area contributed by atoms with Crippen molar-refractivity contribution in [3.63, 3.8) is 0 Å². The fourth-order valence-electron chi connectivity index (χ4n) is 4.98. The van der Waals surface area contributed by atoms with Gasteiger partial charge in [-0.15, -0.1) is 11.3 Å². The fraction of sp³-hybridized carbons (Fsp3) is 0.222. The number of amides is 4. The van der Waals surface area contributed by atoms with E-state index in [4.69, 9.17) is 14.2 Å². The van der Waals surface area contributed by atoms with Gasteiger partial charge in [-0.05, 0) is 41.0 Å². The van der Waals surface area contributed by atoms with Crippen LogP contribution >= 0.6 is 11.3 Å². The topological polar surface area (TPSA) is 153 Å². The van der Waals surface area contributed by atoms with Crippen LogP contribution in [-0.2, 0) is 43.6 Å². The Balaban J connectivity index is 1.21. The van der Waals surface area contributed by atoms with Gasteiger partial charge in [-0.3, -0.25) is 30.1 Å². The molecule has 1 aromatic heterocycles. The van der Waals surface area contributed by atoms with E-state index in [0.29, 0.717) is 4.88 Å². The maximum Gasteiger partial charge on any atom is 0.414 e. The first-order valence-corrected chi connectivity index (χ1v) is 16.4. The van der Waals surface area contributed by atoms with Crippen LogP contribution in [0.1, 0.15) is 39.2 Å². The van der Waals surface area contributed by atoms with Crippen LogP contribution in [0.25, 0.3) is 0 Å². The molecule has 2 atom stereocenters. The number of likely N-dealkylation sites (tertiary alicyclic amines) is 1. The summed E-state index contributed by atoms with van der Waals surface area (Å²) in [6.07, 6.45) is -1.26. The summed E-state index contributed by atoms with van der Waals surface area (Å²) in [5, 5.41) is 6.56. The molecule has 2 N–H and O–H groups in total. The van der Waals surface area contributed by atoms with Gasteiger partial charge in [0.1, 0.15) is 25.9 Å². The van der Waals surface area contributed by atoms with E-state index in [2.05, 4.69) is 15.6 Å². The van der Waals surface area contributed by atoms with E-state index in [1.54, 1.807) is 53.9 Å². The lowest BCUT2D eigenvalue weighted by molar-refractivity contribution is -0.171. The quantitative estimate of drug-likeness (QED) is 0.0381. The molecule has 4 aromatic rings. The zero-order valence-electron chi connectivity index (χ0n) is 26.4. The van der Waals surface area contributed by atoms with Crippen molar-refractivity contribution in [3.05, 3.63) is 130 Å². The number of benzene rings is 3. The lowest BCUT2D eigenvalue weighted by Gasteiger charge is -2.43. The SMILES string of the molecule is O=C(NC(=NCCCC1C(=O)N(C(=O)c2cccs2)C1C(=O)OCc1ccccc1)NC(=O)OCc1ccccc1)OCc1ccccc1. The summed E-state index contributed by atoms with van der Waals surface area (Å²) in [6, 6.07) is 29.4. The predicted molar refractivity (Wildman–Crippen MR) is 180 cm³/mol. The van der Waals surface area contributed by atoms with Crippen LogP contribution in [0.3, 0.4) is 0 Å². The van der Waals surface area contributed by atoms with E-state index in [1.165, 1.54) is 11.3 Å². The highest BCUT2D eigenvalue weighted by atomic mass is 32.1. The van der Waals surface area contributed by atoms with Crippen molar-refractivity contribution in [1.29, 1.82) is 0 Å². The number of thiophene rings is 1. The molecule has 0 saturated carbocycles. The average molecular weight is 683 g/mol. The average Bonchev–Trinajstić information content (AvgIpc) is 3.68. The highest BCUT2D eigenvalue weighted by Gasteiger charge is 2.55. The molecule has 12 nitrogen and oxygen atoms in total. The minimum Gasteiger partial charge on any atom is -0.459 e. The molecule has 5 rings (SSSR count). The first kappa shape index (κ1) is 34.5. The zero-order valence-corrected chi connectivity index (χ0v) is 27.2. The Morgan fingerprint density at radius 2 is 1.20 bits per heavy atom. The molecule has 0 bridgehead atoms. The standard InChI is InChI=1S/C36H34N4O8S/c41-31-28(30(40(31)32(42)29-19-11-21-49-29)33(43)46-22-25-12-4-1-5-13-25)18-10-20-37-34(38-35(44)47-23-26-14-6-2-7-15-26)39-36(45)48-24-27-16-8-3-9-17-27/h1-9,11-17,19,21,28,30H,10,18,20,22-24H2,(H2,37,38,39,44,45). The number of nitrogens with zero attached hydrogens (tertiary/aromatic N) is 2. The number of carbonyl (C=O) groups is 5. The highest BCUT2D eigenvalue weighted by Crippen LogP contribution is 2.34. The number of nitrogens with one attached hydrogen (secondary N) is 2. The summed E-state index contributed by atoms with van der Waals surface area (Å²) in [4.78, 5) is 70.3. The monoisotopic (exact) mass is 682 g/mol. The van der Waals surface area contributed by atoms with Crippen molar-refractivity contribution < 1.29 is 38.2 Å². The second kappa shape index (κ2) is 17.4. The maximum absolute atomic E-state index is 13.2. The summed E-state index contributed by atoms with van der Waals surface area (Å²) in [5.41, 5.74) is 2.29. The van der Waals surface area contributed by atoms with E-state index >= 15 is 0 Å². The van der Waals surface area contributed by atoms with Gasteiger partial charge in [0.25, 0.3) is 5.91 Å². The Hall–Kier alpha value is -5.82. The van der Waals surface area contributed by atoms with Crippen molar-refractivity contribution in [2.75, 3.05) is 6.54 Å². The molecule has 2 unspecified atom stereocenters. The maximum atomic E-state index is 13.2. The fourth-order valence-corrected chi connectivity index (χ4v) is 5.64. The van der Waals surface area contributed by atoms with Crippen LogP contribution in [0, 0.1) is 5.92 Å². The van der Waals surface area contributed by atoms with E-state index in [-0.39, 0.29) is 45.2 Å². The number of alkyl carbamates (subject to hydrolysis) is 2. The molecular formula is C36H34N4O8S. The molecule has 1 saturated heterocycles. The largest absolute Gasteiger partial charge is 0.459 e. The van der Waals surface area contributed by atoms with Crippen LogP contribution < -0.4 is 10.6 Å². The van der Waals surface area contributed by atoms with Crippen molar-refractivity contribution >= 4 is 47.3 Å². The first-order chi connectivity index (χ1) is 23.9. The Bertz CT molecular complexity index is 1690. The van der Waals surface area contributed by atoms with Crippen molar-refractivity contribution in [3.8, 4) is 0 Å². The number of ether oxygens (including phenoxy) is 3. The van der Waals surface area contributed by atoms with Gasteiger partial charge in [-0.1, -0.05) is 97.1 Å². The van der Waals surface area contributed by atoms with Crippen molar-refractivity contribution in [1.82, 2.24) is 15.5 Å². The molecule has 3 aromatic carbocycles. The van der Waals surface area contributed by atoms with Crippen LogP contribution in [0.2, 0.25) is 0 Å². The van der Waals surface area contributed by atoms with Gasteiger partial charge in [-0.2, -0.15) is 0 Å². The highest BCUT2D eigenvalue weighted by molar-refractivity contribution is 7.12. The molecule has 49 heavy (non-hydrogen) atoms. The third-order valence-corrected chi connectivity index (χ3v) is 8.30. The summed E-state index contributed by atoms with van der Waals surface area (Å²) >= 11 is 1.17. The Morgan fingerprint density at radius 3 is 1.69 bits per heavy atom. The lowest BCUT2D eigenvalue weighted by atomic mass is 9.83. The van der Waals surface area contributed by atoms with Gasteiger partial charge < -0.3 is 14.2 Å². The van der Waals surface area contributed by atoms with Crippen LogP contribution in [0.4, 0.5) is 9.59 Å². The van der Waals surface area contributed by atoms with Crippen LogP contribution in [0.15, 0.2) is 114 Å². The van der Waals surface area contributed by atoms with Crippen LogP contribution in [-0.4, -0.2) is 53.4 Å². The Labute approximate surface area is 286 Å². The summed E-state index contributed by atoms with van der Waals surface area (Å²) < 4.78 is 16.0. The zero-order chi connectivity index (χ0) is 34.4. The van der Waals surface area contributed by atoms with E-state index < -0.39 is 41.9 Å². The normalized spacial score (nSPS) is 14.9. The minimum atomic E-state index is -1.11. The second-order valence-electron chi connectivity index (χ2n) is 10.9. The molecule has 252 valence electrons. The van der Waals surface area contributed by atoms with E-state index in [1.807, 2.05) is 54.6 Å². The number of esters is 1. The van der Waals surface area contributed by atoms with Gasteiger partial charge in [0.05, 0.1) is 10.8 Å². The molecule has 1 fully saturated rings. The van der Waals surface area contributed by atoms with Gasteiger partial charge in [0.2, 0.25) is 11.9 Å². The van der Waals surface area contributed by atoms with Gasteiger partial charge >= 0.3 is 18.2 Å². The number of hydrogen-bond donors (Lipinski definition) is 2. The lowest BCUT2D eigenvalue weighted by Crippen LogP contribution is -2.66. The molecule has 1 aliphatic rings. The number of carbonyl (C=O) groups excluding carboxylic acids is 5. The Kier molecular flexibility index (Phi) is 12.2. The molecular weight excluding hydrogens is 648 g/mol. The molecule has 1 aliphatic heterocycles. The second-order valence-corrected chi connectivity index (χ2v) is 11.8. The van der Waals surface area contributed by atoms with Gasteiger partial charge in [-0.25, -0.2) is 14.4 Å². The summed E-state index contributed by atoms with van der Waals surface area (Å²) in [5.74, 6) is -2.78. The number of hydrogen-bond acceptors (Lipinski definition) is 10. The molecule has 0 radical (unpaired) electrons. The summed E-state index contributed by atoms with van der Waals surface area (Å²) in [6.45, 7) is 0.0147. The predicted octanol–water partition coefficient (Wildman–Crippen LogP) is 5.45. The summed E-state index contributed by atoms with van der Waals surface area (Å²) in [7, 11) is 0.